The SMILES string of the molecule is CCn1c(SCC(=O)Nc2cccc(C(C)=O)c2)nnc1-c1ccccc1N. The molecule has 28 heavy (non-hydrogen) atoms. The Kier molecular flexibility index (Phi) is 6.10. The van der Waals surface area contributed by atoms with Crippen molar-refractivity contribution in [2.24, 2.45) is 0 Å². The van der Waals surface area contributed by atoms with Crippen LogP contribution in [-0.2, 0) is 11.3 Å². The molecule has 3 rings (SSSR count). The highest BCUT2D eigenvalue weighted by Crippen LogP contribution is 2.27. The second-order valence-corrected chi connectivity index (χ2v) is 7.05. The number of amides is 1. The number of nitrogens with two attached hydrogens (primary N) is 1. The quantitative estimate of drug-likeness (QED) is 0.361. The Hall–Kier alpha value is -3.13. The maximum absolute atomic E-state index is 12.3. The van der Waals surface area contributed by atoms with Crippen molar-refractivity contribution in [2.75, 3.05) is 16.8 Å². The number of nitrogen functional groups attached to an aromatic ring is 1. The number of Topliss-reactive ketones (excluding diaryl/α,β-unsaturated/α-hetero) is 1. The first-order chi connectivity index (χ1) is 13.5. The number of rotatable bonds is 7. The number of nitrogens with zero attached hydrogens (tertiary/aromatic N) is 3. The minimum Gasteiger partial charge on any atom is -0.398 e. The van der Waals surface area contributed by atoms with E-state index >= 15 is 0 Å². The molecule has 3 aromatic rings. The highest BCUT2D eigenvalue weighted by Gasteiger charge is 2.16. The summed E-state index contributed by atoms with van der Waals surface area (Å²) in [6, 6.07) is 14.4. The zero-order chi connectivity index (χ0) is 20.1. The predicted octanol–water partition coefficient (Wildman–Crippen LogP) is 3.48. The van der Waals surface area contributed by atoms with Crippen LogP contribution >= 0.6 is 11.8 Å². The van der Waals surface area contributed by atoms with E-state index in [9.17, 15) is 9.59 Å². The summed E-state index contributed by atoms with van der Waals surface area (Å²) in [7, 11) is 0. The molecule has 0 aliphatic rings. The molecule has 1 heterocycles. The van der Waals surface area contributed by atoms with E-state index in [4.69, 9.17) is 5.73 Å². The summed E-state index contributed by atoms with van der Waals surface area (Å²) in [4.78, 5) is 23.8. The number of anilines is 2. The lowest BCUT2D eigenvalue weighted by Crippen LogP contribution is -2.15. The van der Waals surface area contributed by atoms with Crippen LogP contribution in [0.5, 0.6) is 0 Å². The van der Waals surface area contributed by atoms with Crippen molar-refractivity contribution < 1.29 is 9.59 Å². The maximum Gasteiger partial charge on any atom is 0.234 e. The Bertz CT molecular complexity index is 1020. The molecule has 3 N–H and O–H groups in total. The van der Waals surface area contributed by atoms with E-state index in [0.717, 1.165) is 5.56 Å². The van der Waals surface area contributed by atoms with E-state index < -0.39 is 0 Å². The van der Waals surface area contributed by atoms with Crippen LogP contribution in [0.15, 0.2) is 53.7 Å². The first kappa shape index (κ1) is 19.6. The summed E-state index contributed by atoms with van der Waals surface area (Å²) >= 11 is 1.30. The molecule has 0 saturated carbocycles. The van der Waals surface area contributed by atoms with Crippen molar-refractivity contribution >= 4 is 34.8 Å². The van der Waals surface area contributed by atoms with Gasteiger partial charge in [-0.05, 0) is 38.1 Å². The average molecular weight is 395 g/mol. The Morgan fingerprint density at radius 2 is 1.93 bits per heavy atom. The molecule has 0 radical (unpaired) electrons. The topological polar surface area (TPSA) is 103 Å². The molecule has 144 valence electrons. The number of aromatic nitrogens is 3. The molecule has 0 spiro atoms. The summed E-state index contributed by atoms with van der Waals surface area (Å²) in [5.74, 6) is 0.621. The summed E-state index contributed by atoms with van der Waals surface area (Å²) in [5, 5.41) is 11.9. The van der Waals surface area contributed by atoms with Gasteiger partial charge in [-0.2, -0.15) is 0 Å². The second kappa shape index (κ2) is 8.71. The van der Waals surface area contributed by atoms with E-state index in [-0.39, 0.29) is 17.4 Å². The number of para-hydroxylation sites is 1. The number of carbonyl (C=O) groups excluding carboxylic acids is 2. The van der Waals surface area contributed by atoms with Crippen LogP contribution in [0.1, 0.15) is 24.2 Å². The van der Waals surface area contributed by atoms with Crippen LogP contribution in [-0.4, -0.2) is 32.2 Å². The van der Waals surface area contributed by atoms with Gasteiger partial charge >= 0.3 is 0 Å². The molecule has 0 saturated heterocycles. The maximum atomic E-state index is 12.3. The molecule has 8 heteroatoms. The van der Waals surface area contributed by atoms with Gasteiger partial charge in [-0.15, -0.1) is 10.2 Å². The van der Waals surface area contributed by atoms with Crippen molar-refractivity contribution in [3.63, 3.8) is 0 Å². The van der Waals surface area contributed by atoms with Gasteiger partial charge in [-0.1, -0.05) is 36.0 Å². The van der Waals surface area contributed by atoms with Gasteiger partial charge < -0.3 is 15.6 Å². The second-order valence-electron chi connectivity index (χ2n) is 6.11. The molecule has 0 bridgehead atoms. The smallest absolute Gasteiger partial charge is 0.234 e. The normalized spacial score (nSPS) is 10.6. The lowest BCUT2D eigenvalue weighted by molar-refractivity contribution is -0.113. The van der Waals surface area contributed by atoms with Crippen molar-refractivity contribution in [3.8, 4) is 11.4 Å². The average Bonchev–Trinajstić information content (AvgIpc) is 3.09. The van der Waals surface area contributed by atoms with Crippen molar-refractivity contribution in [1.29, 1.82) is 0 Å². The van der Waals surface area contributed by atoms with Crippen LogP contribution in [0.2, 0.25) is 0 Å². The number of carbonyl (C=O) groups is 2. The standard InChI is InChI=1S/C20H21N5O2S/c1-3-25-19(16-9-4-5-10-17(16)21)23-24-20(25)28-12-18(27)22-15-8-6-7-14(11-15)13(2)26/h4-11H,3,12,21H2,1-2H3,(H,22,27). The van der Waals surface area contributed by atoms with Gasteiger partial charge in [0.1, 0.15) is 0 Å². The van der Waals surface area contributed by atoms with Gasteiger partial charge in [0.15, 0.2) is 16.8 Å². The third-order valence-electron chi connectivity index (χ3n) is 4.12. The fourth-order valence-corrected chi connectivity index (χ4v) is 3.53. The summed E-state index contributed by atoms with van der Waals surface area (Å²) in [6.07, 6.45) is 0. The Morgan fingerprint density at radius 1 is 1.14 bits per heavy atom. The number of benzene rings is 2. The molecule has 0 unspecified atom stereocenters. The highest BCUT2D eigenvalue weighted by molar-refractivity contribution is 7.99. The minimum absolute atomic E-state index is 0.0470. The first-order valence-electron chi connectivity index (χ1n) is 8.81. The fourth-order valence-electron chi connectivity index (χ4n) is 2.72. The molecule has 7 nitrogen and oxygen atoms in total. The lowest BCUT2D eigenvalue weighted by atomic mass is 10.1. The number of hydrogen-bond donors (Lipinski definition) is 2. The number of ketones is 1. The van der Waals surface area contributed by atoms with Crippen LogP contribution in [0, 0.1) is 0 Å². The van der Waals surface area contributed by atoms with E-state index in [1.54, 1.807) is 24.3 Å². The molecule has 1 aromatic heterocycles. The summed E-state index contributed by atoms with van der Waals surface area (Å²) < 4.78 is 1.93. The van der Waals surface area contributed by atoms with E-state index in [1.807, 2.05) is 35.8 Å². The number of thioether (sulfide) groups is 1. The van der Waals surface area contributed by atoms with E-state index in [2.05, 4.69) is 15.5 Å². The summed E-state index contributed by atoms with van der Waals surface area (Å²) in [5.41, 5.74) is 8.64. The van der Waals surface area contributed by atoms with Crippen LogP contribution < -0.4 is 11.1 Å². The van der Waals surface area contributed by atoms with Gasteiger partial charge in [0, 0.05) is 29.0 Å². The zero-order valence-electron chi connectivity index (χ0n) is 15.7. The number of nitrogens with one attached hydrogen (secondary N) is 1. The monoisotopic (exact) mass is 395 g/mol. The molecule has 0 atom stereocenters. The predicted molar refractivity (Wildman–Crippen MR) is 111 cm³/mol. The van der Waals surface area contributed by atoms with Crippen LogP contribution in [0.3, 0.4) is 0 Å². The van der Waals surface area contributed by atoms with Crippen molar-refractivity contribution in [1.82, 2.24) is 14.8 Å². The van der Waals surface area contributed by atoms with E-state index in [0.29, 0.717) is 34.5 Å². The van der Waals surface area contributed by atoms with Crippen molar-refractivity contribution in [2.45, 2.75) is 25.5 Å². The molecular weight excluding hydrogens is 374 g/mol. The van der Waals surface area contributed by atoms with E-state index in [1.165, 1.54) is 18.7 Å². The lowest BCUT2D eigenvalue weighted by Gasteiger charge is -2.09. The van der Waals surface area contributed by atoms with Gasteiger partial charge in [0.2, 0.25) is 5.91 Å². The Labute approximate surface area is 167 Å². The Balaban J connectivity index is 1.69. The van der Waals surface area contributed by atoms with Gasteiger partial charge in [-0.25, -0.2) is 0 Å². The summed E-state index contributed by atoms with van der Waals surface area (Å²) in [6.45, 7) is 4.14. The first-order valence-corrected chi connectivity index (χ1v) is 9.80. The molecule has 0 aliphatic carbocycles. The molecule has 0 fully saturated rings. The minimum atomic E-state index is -0.183. The van der Waals surface area contributed by atoms with Gasteiger partial charge in [-0.3, -0.25) is 9.59 Å². The van der Waals surface area contributed by atoms with Gasteiger partial charge in [0.05, 0.1) is 5.75 Å². The fraction of sp³-hybridized carbons (Fsp3) is 0.200. The van der Waals surface area contributed by atoms with Crippen molar-refractivity contribution in [3.05, 3.63) is 54.1 Å². The third-order valence-corrected chi connectivity index (χ3v) is 5.09. The van der Waals surface area contributed by atoms with Crippen LogP contribution in [0.4, 0.5) is 11.4 Å². The molecular formula is C20H21N5O2S. The Morgan fingerprint density at radius 3 is 2.64 bits per heavy atom. The zero-order valence-corrected chi connectivity index (χ0v) is 16.5. The molecule has 1 amide bonds. The molecule has 0 aliphatic heterocycles. The largest absolute Gasteiger partial charge is 0.398 e. The highest BCUT2D eigenvalue weighted by atomic mass is 32.2. The number of hydrogen-bond acceptors (Lipinski definition) is 6. The van der Waals surface area contributed by atoms with Crippen LogP contribution in [0.25, 0.3) is 11.4 Å². The van der Waals surface area contributed by atoms with Gasteiger partial charge in [0.25, 0.3) is 0 Å². The molecule has 2 aromatic carbocycles. The third kappa shape index (κ3) is 4.40.